The third-order valence-electron chi connectivity index (χ3n) is 6.49. The molecule has 1 aliphatic heterocycles. The summed E-state index contributed by atoms with van der Waals surface area (Å²) in [4.78, 5) is 59.0. The van der Waals surface area contributed by atoms with Gasteiger partial charge in [-0.3, -0.25) is 23.9 Å². The summed E-state index contributed by atoms with van der Waals surface area (Å²) in [5.41, 5.74) is -0.136. The first-order valence-corrected chi connectivity index (χ1v) is 12.3. The maximum atomic E-state index is 13.2. The van der Waals surface area contributed by atoms with E-state index < -0.39 is 29.0 Å². The number of carbonyl (C=O) groups is 2. The minimum absolute atomic E-state index is 0.162. The maximum absolute atomic E-state index is 13.2. The number of nitrogens with one attached hydrogen (secondary N) is 1. The molecule has 3 aromatic rings. The van der Waals surface area contributed by atoms with Crippen molar-refractivity contribution in [2.75, 3.05) is 13.1 Å². The second kappa shape index (κ2) is 10.9. The molecule has 0 saturated carbocycles. The summed E-state index contributed by atoms with van der Waals surface area (Å²) in [6.07, 6.45) is 2.83. The highest BCUT2D eigenvalue weighted by atomic mass is 19.1. The second-order valence-corrected chi connectivity index (χ2v) is 8.91. The summed E-state index contributed by atoms with van der Waals surface area (Å²) in [7, 11) is 0. The molecule has 1 aromatic carbocycles. The van der Waals surface area contributed by atoms with Gasteiger partial charge >= 0.3 is 11.7 Å². The average Bonchev–Trinajstić information content (AvgIpc) is 3.26. The Hall–Kier alpha value is -3.76. The van der Waals surface area contributed by atoms with Gasteiger partial charge in [0.25, 0.3) is 11.5 Å². The average molecular weight is 500 g/mol. The van der Waals surface area contributed by atoms with Gasteiger partial charge in [0, 0.05) is 31.7 Å². The Morgan fingerprint density at radius 3 is 2.61 bits per heavy atom. The van der Waals surface area contributed by atoms with Crippen LogP contribution in [0.2, 0.25) is 0 Å². The van der Waals surface area contributed by atoms with Gasteiger partial charge in [0.05, 0.1) is 5.92 Å². The fourth-order valence-electron chi connectivity index (χ4n) is 4.57. The SMILES string of the molecule is CCCCn1c(=O)[nH]c(=O)c2c1nc(COC(=O)C1CCCN(C(=O)c3ccc(F)cc3)C1)n2CC. The number of rotatable bonds is 8. The molecule has 36 heavy (non-hydrogen) atoms. The summed E-state index contributed by atoms with van der Waals surface area (Å²) in [5.74, 6) is -1.27. The molecule has 10 nitrogen and oxygen atoms in total. The normalized spacial score (nSPS) is 15.9. The largest absolute Gasteiger partial charge is 0.457 e. The fourth-order valence-corrected chi connectivity index (χ4v) is 4.57. The lowest BCUT2D eigenvalue weighted by Gasteiger charge is -2.31. The standard InChI is InChI=1S/C25H30FN5O5/c1-3-5-13-31-21-20(22(32)28-25(31)35)30(4-2)19(27-21)15-36-24(34)17-7-6-12-29(14-17)23(33)16-8-10-18(26)11-9-16/h8-11,17H,3-7,12-15H2,1-2H3,(H,28,32,35). The molecule has 1 saturated heterocycles. The highest BCUT2D eigenvalue weighted by Gasteiger charge is 2.30. The van der Waals surface area contributed by atoms with E-state index >= 15 is 0 Å². The zero-order valence-electron chi connectivity index (χ0n) is 20.5. The van der Waals surface area contributed by atoms with Gasteiger partial charge in [0.1, 0.15) is 18.2 Å². The van der Waals surface area contributed by atoms with Crippen LogP contribution < -0.4 is 11.2 Å². The fraction of sp³-hybridized carbons (Fsp3) is 0.480. The highest BCUT2D eigenvalue weighted by molar-refractivity contribution is 5.94. The number of aryl methyl sites for hydroxylation is 2. The molecule has 192 valence electrons. The number of piperidine rings is 1. The lowest BCUT2D eigenvalue weighted by atomic mass is 9.97. The van der Waals surface area contributed by atoms with E-state index in [1.807, 2.05) is 13.8 Å². The van der Waals surface area contributed by atoms with Crippen molar-refractivity contribution < 1.29 is 18.7 Å². The smallest absolute Gasteiger partial charge is 0.330 e. The summed E-state index contributed by atoms with van der Waals surface area (Å²) < 4.78 is 21.9. The van der Waals surface area contributed by atoms with Gasteiger partial charge in [0.2, 0.25) is 0 Å². The number of aromatic nitrogens is 4. The number of nitrogens with zero attached hydrogens (tertiary/aromatic N) is 4. The lowest BCUT2D eigenvalue weighted by molar-refractivity contribution is -0.151. The lowest BCUT2D eigenvalue weighted by Crippen LogP contribution is -2.42. The van der Waals surface area contributed by atoms with E-state index in [1.165, 1.54) is 28.8 Å². The van der Waals surface area contributed by atoms with Crippen LogP contribution in [0.5, 0.6) is 0 Å². The molecule has 1 fully saturated rings. The van der Waals surface area contributed by atoms with Gasteiger partial charge in [-0.25, -0.2) is 14.2 Å². The molecule has 1 aliphatic rings. The van der Waals surface area contributed by atoms with Gasteiger partial charge in [0.15, 0.2) is 11.2 Å². The van der Waals surface area contributed by atoms with Crippen molar-refractivity contribution in [3.05, 3.63) is 62.3 Å². The van der Waals surface area contributed by atoms with E-state index in [2.05, 4.69) is 9.97 Å². The molecule has 1 atom stereocenters. The molecule has 1 amide bonds. The van der Waals surface area contributed by atoms with Crippen molar-refractivity contribution in [2.45, 2.75) is 59.2 Å². The van der Waals surface area contributed by atoms with Crippen molar-refractivity contribution in [2.24, 2.45) is 5.92 Å². The van der Waals surface area contributed by atoms with Crippen LogP contribution in [-0.4, -0.2) is 49.0 Å². The molecule has 4 rings (SSSR count). The molecule has 1 N–H and O–H groups in total. The van der Waals surface area contributed by atoms with Gasteiger partial charge in [-0.1, -0.05) is 13.3 Å². The van der Waals surface area contributed by atoms with Crippen molar-refractivity contribution in [1.82, 2.24) is 24.0 Å². The number of imidazole rings is 1. The zero-order valence-corrected chi connectivity index (χ0v) is 20.5. The number of benzene rings is 1. The first-order chi connectivity index (χ1) is 17.3. The molecule has 0 bridgehead atoms. The van der Waals surface area contributed by atoms with Crippen LogP contribution in [0.4, 0.5) is 4.39 Å². The predicted molar refractivity (Wildman–Crippen MR) is 130 cm³/mol. The number of halogens is 1. The van der Waals surface area contributed by atoms with E-state index in [9.17, 15) is 23.6 Å². The molecule has 0 aliphatic carbocycles. The van der Waals surface area contributed by atoms with Crippen LogP contribution in [0.25, 0.3) is 11.2 Å². The molecular formula is C25H30FN5O5. The molecule has 0 radical (unpaired) electrons. The van der Waals surface area contributed by atoms with E-state index in [1.54, 1.807) is 9.47 Å². The van der Waals surface area contributed by atoms with Crippen LogP contribution in [0.15, 0.2) is 33.9 Å². The van der Waals surface area contributed by atoms with Crippen LogP contribution in [-0.2, 0) is 29.2 Å². The predicted octanol–water partition coefficient (Wildman–Crippen LogP) is 2.44. The van der Waals surface area contributed by atoms with Gasteiger partial charge in [-0.05, 0) is 50.5 Å². The number of unbranched alkanes of at least 4 members (excludes halogenated alkanes) is 1. The number of likely N-dealkylation sites (tertiary alicyclic amines) is 1. The van der Waals surface area contributed by atoms with Gasteiger partial charge < -0.3 is 14.2 Å². The Kier molecular flexibility index (Phi) is 7.66. The first kappa shape index (κ1) is 25.3. The number of carbonyl (C=O) groups excluding carboxylic acids is 2. The number of ether oxygens (including phenoxy) is 1. The van der Waals surface area contributed by atoms with Crippen LogP contribution in [0.3, 0.4) is 0 Å². The highest BCUT2D eigenvalue weighted by Crippen LogP contribution is 2.21. The second-order valence-electron chi connectivity index (χ2n) is 8.91. The van der Waals surface area contributed by atoms with Crippen molar-refractivity contribution in [3.8, 4) is 0 Å². The summed E-state index contributed by atoms with van der Waals surface area (Å²) in [6, 6.07) is 5.32. The minimum Gasteiger partial charge on any atom is -0.457 e. The Morgan fingerprint density at radius 1 is 1.17 bits per heavy atom. The number of hydrogen-bond acceptors (Lipinski definition) is 6. The quantitative estimate of drug-likeness (QED) is 0.476. The van der Waals surface area contributed by atoms with Crippen LogP contribution in [0, 0.1) is 11.7 Å². The van der Waals surface area contributed by atoms with Crippen molar-refractivity contribution in [1.29, 1.82) is 0 Å². The number of esters is 1. The Balaban J connectivity index is 1.49. The topological polar surface area (TPSA) is 119 Å². The Morgan fingerprint density at radius 2 is 1.92 bits per heavy atom. The van der Waals surface area contributed by atoms with Gasteiger partial charge in [-0.2, -0.15) is 0 Å². The van der Waals surface area contributed by atoms with Crippen LogP contribution in [0.1, 0.15) is 55.7 Å². The van der Waals surface area contributed by atoms with Gasteiger partial charge in [-0.15, -0.1) is 0 Å². The summed E-state index contributed by atoms with van der Waals surface area (Å²) in [5, 5.41) is 0. The molecule has 11 heteroatoms. The summed E-state index contributed by atoms with van der Waals surface area (Å²) >= 11 is 0. The van der Waals surface area contributed by atoms with E-state index in [0.29, 0.717) is 43.9 Å². The first-order valence-electron chi connectivity index (χ1n) is 12.3. The number of amides is 1. The Labute approximate surface area is 206 Å². The third-order valence-corrected chi connectivity index (χ3v) is 6.49. The maximum Gasteiger partial charge on any atom is 0.330 e. The molecule has 3 heterocycles. The zero-order chi connectivity index (χ0) is 25.8. The van der Waals surface area contributed by atoms with E-state index in [4.69, 9.17) is 4.74 Å². The van der Waals surface area contributed by atoms with Crippen molar-refractivity contribution >= 4 is 23.0 Å². The molecule has 2 aromatic heterocycles. The monoisotopic (exact) mass is 499 g/mol. The number of hydrogen-bond donors (Lipinski definition) is 1. The number of aromatic amines is 1. The van der Waals surface area contributed by atoms with E-state index in [-0.39, 0.29) is 30.2 Å². The van der Waals surface area contributed by atoms with Crippen molar-refractivity contribution in [3.63, 3.8) is 0 Å². The molecule has 1 unspecified atom stereocenters. The third kappa shape index (κ3) is 5.09. The van der Waals surface area contributed by atoms with E-state index in [0.717, 1.165) is 12.8 Å². The Bertz CT molecular complexity index is 1370. The number of H-pyrrole nitrogens is 1. The van der Waals surface area contributed by atoms with Crippen LogP contribution >= 0.6 is 0 Å². The minimum atomic E-state index is -0.531. The molecule has 0 spiro atoms. The number of fused-ring (bicyclic) bond motifs is 1. The molecular weight excluding hydrogens is 469 g/mol. The summed E-state index contributed by atoms with van der Waals surface area (Å²) in [6.45, 7) is 5.21.